The first kappa shape index (κ1) is 12.3. The fraction of sp³-hybridized carbons (Fsp3) is 0.385. The molecule has 1 atom stereocenters. The first-order chi connectivity index (χ1) is 7.77. The van der Waals surface area contributed by atoms with Crippen molar-refractivity contribution in [2.75, 3.05) is 6.61 Å². The van der Waals surface area contributed by atoms with Crippen LogP contribution in [-0.4, -0.2) is 12.6 Å². The summed E-state index contributed by atoms with van der Waals surface area (Å²) in [5.74, 6) is -0.468. The maximum atomic E-state index is 11.2. The standard InChI is InChI=1S/C13H15NO2/c1-2-16-13(15)9-8-12(10-14)11-6-4-3-5-7-11/h3-7,12H,2,8-9H2,1H3. The lowest BCUT2D eigenvalue weighted by Crippen LogP contribution is -2.06. The van der Waals surface area contributed by atoms with Gasteiger partial charge in [0, 0.05) is 6.42 Å². The summed E-state index contributed by atoms with van der Waals surface area (Å²) in [5.41, 5.74) is 0.953. The maximum absolute atomic E-state index is 11.2. The first-order valence-corrected chi connectivity index (χ1v) is 5.38. The normalized spacial score (nSPS) is 11.5. The monoisotopic (exact) mass is 217 g/mol. The van der Waals surface area contributed by atoms with Crippen LogP contribution in [0.1, 0.15) is 31.2 Å². The Morgan fingerprint density at radius 2 is 2.12 bits per heavy atom. The fourth-order valence-electron chi connectivity index (χ4n) is 1.49. The van der Waals surface area contributed by atoms with Crippen molar-refractivity contribution in [3.63, 3.8) is 0 Å². The zero-order valence-corrected chi connectivity index (χ0v) is 9.35. The van der Waals surface area contributed by atoms with Crippen molar-refractivity contribution in [3.8, 4) is 6.07 Å². The molecule has 0 heterocycles. The van der Waals surface area contributed by atoms with Gasteiger partial charge < -0.3 is 4.74 Å². The first-order valence-electron chi connectivity index (χ1n) is 5.38. The van der Waals surface area contributed by atoms with E-state index in [4.69, 9.17) is 10.00 Å². The summed E-state index contributed by atoms with van der Waals surface area (Å²) in [6.45, 7) is 2.16. The van der Waals surface area contributed by atoms with Crippen molar-refractivity contribution in [2.45, 2.75) is 25.7 Å². The highest BCUT2D eigenvalue weighted by Gasteiger charge is 2.12. The van der Waals surface area contributed by atoms with E-state index in [2.05, 4.69) is 6.07 Å². The minimum atomic E-state index is -0.237. The number of rotatable bonds is 5. The summed E-state index contributed by atoms with van der Waals surface area (Å²) in [6.07, 6.45) is 0.806. The molecule has 0 N–H and O–H groups in total. The summed E-state index contributed by atoms with van der Waals surface area (Å²) >= 11 is 0. The molecule has 84 valence electrons. The van der Waals surface area contributed by atoms with Gasteiger partial charge in [-0.05, 0) is 18.9 Å². The minimum absolute atomic E-state index is 0.231. The number of nitrogens with zero attached hydrogens (tertiary/aromatic N) is 1. The van der Waals surface area contributed by atoms with Crippen molar-refractivity contribution in [3.05, 3.63) is 35.9 Å². The Labute approximate surface area is 95.7 Å². The molecule has 0 amide bonds. The molecule has 0 aromatic heterocycles. The number of carbonyl (C=O) groups is 1. The van der Waals surface area contributed by atoms with Crippen molar-refractivity contribution in [2.24, 2.45) is 0 Å². The summed E-state index contributed by atoms with van der Waals surface area (Å²) in [5, 5.41) is 9.02. The highest BCUT2D eigenvalue weighted by molar-refractivity contribution is 5.69. The van der Waals surface area contributed by atoms with Crippen LogP contribution in [0.25, 0.3) is 0 Å². The predicted octanol–water partition coefficient (Wildman–Crippen LogP) is 2.64. The van der Waals surface area contributed by atoms with Gasteiger partial charge in [0.1, 0.15) is 0 Å². The van der Waals surface area contributed by atoms with Crippen LogP contribution in [0.4, 0.5) is 0 Å². The van der Waals surface area contributed by atoms with Crippen LogP contribution in [0.15, 0.2) is 30.3 Å². The number of nitriles is 1. The highest BCUT2D eigenvalue weighted by Crippen LogP contribution is 2.20. The largest absolute Gasteiger partial charge is 0.466 e. The Morgan fingerprint density at radius 1 is 1.44 bits per heavy atom. The lowest BCUT2D eigenvalue weighted by atomic mass is 9.96. The van der Waals surface area contributed by atoms with Crippen LogP contribution >= 0.6 is 0 Å². The Hall–Kier alpha value is -1.82. The molecule has 0 spiro atoms. The zero-order valence-electron chi connectivity index (χ0n) is 9.35. The molecule has 0 fully saturated rings. The predicted molar refractivity (Wildman–Crippen MR) is 60.7 cm³/mol. The van der Waals surface area contributed by atoms with E-state index >= 15 is 0 Å². The molecule has 1 aromatic rings. The number of hydrogen-bond acceptors (Lipinski definition) is 3. The summed E-state index contributed by atoms with van der Waals surface area (Å²) in [4.78, 5) is 11.2. The van der Waals surface area contributed by atoms with E-state index in [-0.39, 0.29) is 11.9 Å². The van der Waals surface area contributed by atoms with Crippen molar-refractivity contribution in [1.82, 2.24) is 0 Å². The van der Waals surface area contributed by atoms with E-state index in [9.17, 15) is 4.79 Å². The van der Waals surface area contributed by atoms with Crippen molar-refractivity contribution < 1.29 is 9.53 Å². The minimum Gasteiger partial charge on any atom is -0.466 e. The number of hydrogen-bond donors (Lipinski definition) is 0. The third-order valence-electron chi connectivity index (χ3n) is 2.30. The van der Waals surface area contributed by atoms with Gasteiger partial charge >= 0.3 is 5.97 Å². The molecule has 0 aliphatic rings. The molecule has 3 nitrogen and oxygen atoms in total. The van der Waals surface area contributed by atoms with Gasteiger partial charge in [-0.2, -0.15) is 5.26 Å². The van der Waals surface area contributed by atoms with Gasteiger partial charge in [0.15, 0.2) is 0 Å². The molecule has 1 rings (SSSR count). The van der Waals surface area contributed by atoms with E-state index in [0.29, 0.717) is 19.4 Å². The molecule has 3 heteroatoms. The number of esters is 1. The fourth-order valence-corrected chi connectivity index (χ4v) is 1.49. The summed E-state index contributed by atoms with van der Waals surface area (Å²) < 4.78 is 4.82. The van der Waals surface area contributed by atoms with Crippen LogP contribution in [0.3, 0.4) is 0 Å². The SMILES string of the molecule is CCOC(=O)CCC(C#N)c1ccccc1. The summed E-state index contributed by atoms with van der Waals surface area (Å²) in [7, 11) is 0. The molecule has 0 radical (unpaired) electrons. The topological polar surface area (TPSA) is 50.1 Å². The molecular weight excluding hydrogens is 202 g/mol. The molecule has 0 bridgehead atoms. The zero-order chi connectivity index (χ0) is 11.8. The number of ether oxygens (including phenoxy) is 1. The van der Waals surface area contributed by atoms with Crippen molar-refractivity contribution >= 4 is 5.97 Å². The quantitative estimate of drug-likeness (QED) is 0.712. The van der Waals surface area contributed by atoms with E-state index in [1.807, 2.05) is 30.3 Å². The average Bonchev–Trinajstić information content (AvgIpc) is 2.31. The van der Waals surface area contributed by atoms with Crippen molar-refractivity contribution in [1.29, 1.82) is 5.26 Å². The van der Waals surface area contributed by atoms with Gasteiger partial charge in [-0.15, -0.1) is 0 Å². The van der Waals surface area contributed by atoms with Crippen LogP contribution in [0, 0.1) is 11.3 Å². The number of benzene rings is 1. The smallest absolute Gasteiger partial charge is 0.305 e. The van der Waals surface area contributed by atoms with Gasteiger partial charge in [-0.3, -0.25) is 4.79 Å². The molecule has 1 aromatic carbocycles. The second kappa shape index (κ2) is 6.62. The molecule has 16 heavy (non-hydrogen) atoms. The molecule has 0 saturated heterocycles. The Morgan fingerprint density at radius 3 is 2.69 bits per heavy atom. The number of carbonyl (C=O) groups excluding carboxylic acids is 1. The Kier molecular flexibility index (Phi) is 5.07. The van der Waals surface area contributed by atoms with Crippen LogP contribution < -0.4 is 0 Å². The Bertz CT molecular complexity index is 367. The van der Waals surface area contributed by atoms with Crippen LogP contribution in [-0.2, 0) is 9.53 Å². The molecule has 0 saturated carbocycles. The van der Waals surface area contributed by atoms with Crippen LogP contribution in [0.5, 0.6) is 0 Å². The lowest BCUT2D eigenvalue weighted by Gasteiger charge is -2.08. The Balaban J connectivity index is 2.51. The molecular formula is C13H15NO2. The van der Waals surface area contributed by atoms with E-state index in [1.54, 1.807) is 6.92 Å². The van der Waals surface area contributed by atoms with Crippen LogP contribution in [0.2, 0.25) is 0 Å². The second-order valence-electron chi connectivity index (χ2n) is 3.44. The second-order valence-corrected chi connectivity index (χ2v) is 3.44. The van der Waals surface area contributed by atoms with E-state index in [0.717, 1.165) is 5.56 Å². The van der Waals surface area contributed by atoms with E-state index < -0.39 is 0 Å². The van der Waals surface area contributed by atoms with Gasteiger partial charge in [0.25, 0.3) is 0 Å². The van der Waals surface area contributed by atoms with Gasteiger partial charge in [0.05, 0.1) is 18.6 Å². The summed E-state index contributed by atoms with van der Waals surface area (Å²) in [6, 6.07) is 11.7. The van der Waals surface area contributed by atoms with E-state index in [1.165, 1.54) is 0 Å². The third-order valence-corrected chi connectivity index (χ3v) is 2.30. The molecule has 1 unspecified atom stereocenters. The lowest BCUT2D eigenvalue weighted by molar-refractivity contribution is -0.143. The van der Waals surface area contributed by atoms with Gasteiger partial charge in [-0.1, -0.05) is 30.3 Å². The highest BCUT2D eigenvalue weighted by atomic mass is 16.5. The van der Waals surface area contributed by atoms with Gasteiger partial charge in [-0.25, -0.2) is 0 Å². The maximum Gasteiger partial charge on any atom is 0.305 e. The third kappa shape index (κ3) is 3.74. The van der Waals surface area contributed by atoms with Gasteiger partial charge in [0.2, 0.25) is 0 Å². The molecule has 0 aliphatic heterocycles. The molecule has 0 aliphatic carbocycles. The average molecular weight is 217 g/mol.